The molecular formula is C13H22N4. The Morgan fingerprint density at radius 3 is 2.41 bits per heavy atom. The second kappa shape index (κ2) is 6.93. The average molecular weight is 234 g/mol. The first-order chi connectivity index (χ1) is 8.15. The first-order valence-electron chi connectivity index (χ1n) is 5.76. The predicted octanol–water partition coefficient (Wildman–Crippen LogP) is 1.29. The molecule has 0 radical (unpaired) electrons. The zero-order chi connectivity index (χ0) is 12.7. The SMILES string of the molecule is CN(C)CCC(c1ccccc1)N(N)/C=C\N. The summed E-state index contributed by atoms with van der Waals surface area (Å²) in [4.78, 5) is 2.15. The van der Waals surface area contributed by atoms with Gasteiger partial charge in [0.2, 0.25) is 0 Å². The smallest absolute Gasteiger partial charge is 0.0707 e. The lowest BCUT2D eigenvalue weighted by molar-refractivity contribution is 0.247. The van der Waals surface area contributed by atoms with Crippen LogP contribution in [0.1, 0.15) is 18.0 Å². The highest BCUT2D eigenvalue weighted by Gasteiger charge is 2.14. The van der Waals surface area contributed by atoms with Crippen LogP contribution in [0, 0.1) is 0 Å². The van der Waals surface area contributed by atoms with Crippen molar-refractivity contribution in [3.8, 4) is 0 Å². The first-order valence-corrected chi connectivity index (χ1v) is 5.76. The second-order valence-electron chi connectivity index (χ2n) is 4.31. The van der Waals surface area contributed by atoms with E-state index in [0.29, 0.717) is 0 Å². The van der Waals surface area contributed by atoms with Crippen LogP contribution in [0.5, 0.6) is 0 Å². The topological polar surface area (TPSA) is 58.5 Å². The molecule has 0 spiro atoms. The summed E-state index contributed by atoms with van der Waals surface area (Å²) in [5, 5.41) is 1.67. The molecule has 0 saturated heterocycles. The first kappa shape index (κ1) is 13.5. The van der Waals surface area contributed by atoms with Gasteiger partial charge in [0.1, 0.15) is 0 Å². The molecule has 0 aliphatic carbocycles. The molecule has 0 aromatic heterocycles. The fourth-order valence-corrected chi connectivity index (χ4v) is 1.75. The van der Waals surface area contributed by atoms with Crippen molar-refractivity contribution in [2.45, 2.75) is 12.5 Å². The van der Waals surface area contributed by atoms with Crippen LogP contribution in [0.25, 0.3) is 0 Å². The molecule has 4 nitrogen and oxygen atoms in total. The normalized spacial score (nSPS) is 13.2. The van der Waals surface area contributed by atoms with Gasteiger partial charge in [-0.1, -0.05) is 30.3 Å². The van der Waals surface area contributed by atoms with Crippen molar-refractivity contribution < 1.29 is 0 Å². The Kier molecular flexibility index (Phi) is 5.52. The van der Waals surface area contributed by atoms with Gasteiger partial charge in [0.15, 0.2) is 0 Å². The summed E-state index contributed by atoms with van der Waals surface area (Å²) in [6.45, 7) is 0.978. The van der Waals surface area contributed by atoms with Gasteiger partial charge in [0.25, 0.3) is 0 Å². The summed E-state index contributed by atoms with van der Waals surface area (Å²) >= 11 is 0. The van der Waals surface area contributed by atoms with Gasteiger partial charge in [-0.25, -0.2) is 5.84 Å². The molecule has 94 valence electrons. The molecular weight excluding hydrogens is 212 g/mol. The lowest BCUT2D eigenvalue weighted by atomic mass is 10.0. The van der Waals surface area contributed by atoms with Crippen molar-refractivity contribution in [2.24, 2.45) is 11.6 Å². The quantitative estimate of drug-likeness (QED) is 0.575. The van der Waals surface area contributed by atoms with Gasteiger partial charge in [0, 0.05) is 12.4 Å². The van der Waals surface area contributed by atoms with E-state index in [0.717, 1.165) is 13.0 Å². The van der Waals surface area contributed by atoms with E-state index in [2.05, 4.69) is 31.1 Å². The summed E-state index contributed by atoms with van der Waals surface area (Å²) in [6, 6.07) is 10.4. The van der Waals surface area contributed by atoms with E-state index in [1.807, 2.05) is 18.2 Å². The Labute approximate surface area is 103 Å². The number of nitrogens with zero attached hydrogens (tertiary/aromatic N) is 2. The Bertz CT molecular complexity index is 335. The van der Waals surface area contributed by atoms with Gasteiger partial charge >= 0.3 is 0 Å². The lowest BCUT2D eigenvalue weighted by Gasteiger charge is -2.27. The van der Waals surface area contributed by atoms with Crippen LogP contribution in [0.2, 0.25) is 0 Å². The summed E-state index contributed by atoms with van der Waals surface area (Å²) in [6.07, 6.45) is 4.12. The zero-order valence-corrected chi connectivity index (χ0v) is 10.6. The molecule has 0 bridgehead atoms. The molecule has 4 heteroatoms. The molecule has 0 aliphatic heterocycles. The van der Waals surface area contributed by atoms with Crippen molar-refractivity contribution in [3.63, 3.8) is 0 Å². The molecule has 1 atom stereocenters. The second-order valence-corrected chi connectivity index (χ2v) is 4.31. The Morgan fingerprint density at radius 2 is 1.88 bits per heavy atom. The molecule has 1 unspecified atom stereocenters. The molecule has 1 rings (SSSR count). The van der Waals surface area contributed by atoms with Gasteiger partial charge in [-0.15, -0.1) is 0 Å². The molecule has 0 fully saturated rings. The predicted molar refractivity (Wildman–Crippen MR) is 71.7 cm³/mol. The van der Waals surface area contributed by atoms with Crippen LogP contribution in [0.3, 0.4) is 0 Å². The van der Waals surface area contributed by atoms with Gasteiger partial charge in [-0.05, 0) is 32.6 Å². The summed E-state index contributed by atoms with van der Waals surface area (Å²) in [5.41, 5.74) is 6.59. The number of hydrazine groups is 1. The molecule has 1 aromatic rings. The summed E-state index contributed by atoms with van der Waals surface area (Å²) in [5.74, 6) is 5.99. The maximum absolute atomic E-state index is 5.99. The lowest BCUT2D eigenvalue weighted by Crippen LogP contribution is -2.32. The van der Waals surface area contributed by atoms with Crippen LogP contribution in [-0.2, 0) is 0 Å². The highest BCUT2D eigenvalue weighted by atomic mass is 15.4. The number of nitrogens with two attached hydrogens (primary N) is 2. The molecule has 1 aromatic carbocycles. The Hall–Kier alpha value is -1.52. The van der Waals surface area contributed by atoms with E-state index in [1.165, 1.54) is 11.8 Å². The van der Waals surface area contributed by atoms with Gasteiger partial charge in [0.05, 0.1) is 6.04 Å². The van der Waals surface area contributed by atoms with Crippen LogP contribution < -0.4 is 11.6 Å². The van der Waals surface area contributed by atoms with Gasteiger partial charge in [-0.3, -0.25) is 0 Å². The molecule has 0 aliphatic rings. The Balaban J connectivity index is 2.78. The molecule has 0 saturated carbocycles. The van der Waals surface area contributed by atoms with Crippen LogP contribution in [-0.4, -0.2) is 30.5 Å². The number of hydrogen-bond acceptors (Lipinski definition) is 4. The van der Waals surface area contributed by atoms with Crippen molar-refractivity contribution in [3.05, 3.63) is 48.3 Å². The Morgan fingerprint density at radius 1 is 1.24 bits per heavy atom. The number of hydrogen-bond donors (Lipinski definition) is 2. The third-order valence-electron chi connectivity index (χ3n) is 2.65. The highest BCUT2D eigenvalue weighted by Crippen LogP contribution is 2.21. The molecule has 0 amide bonds. The largest absolute Gasteiger partial charge is 0.403 e. The minimum absolute atomic E-state index is 0.151. The fraction of sp³-hybridized carbons (Fsp3) is 0.385. The maximum Gasteiger partial charge on any atom is 0.0707 e. The third-order valence-corrected chi connectivity index (χ3v) is 2.65. The monoisotopic (exact) mass is 234 g/mol. The minimum Gasteiger partial charge on any atom is -0.403 e. The van der Waals surface area contributed by atoms with Crippen LogP contribution in [0.4, 0.5) is 0 Å². The third kappa shape index (κ3) is 4.46. The fourth-order valence-electron chi connectivity index (χ4n) is 1.75. The minimum atomic E-state index is 0.151. The molecule has 0 heterocycles. The average Bonchev–Trinajstić information content (AvgIpc) is 2.30. The zero-order valence-electron chi connectivity index (χ0n) is 10.6. The standard InChI is InChI=1S/C13H22N4/c1-16(2)10-8-13(17(15)11-9-14)12-6-4-3-5-7-12/h3-7,9,11,13H,8,10,14-15H2,1-2H3/b11-9-. The van der Waals surface area contributed by atoms with Crippen molar-refractivity contribution >= 4 is 0 Å². The summed E-state index contributed by atoms with van der Waals surface area (Å²) in [7, 11) is 4.11. The van der Waals surface area contributed by atoms with Crippen LogP contribution >= 0.6 is 0 Å². The maximum atomic E-state index is 5.99. The van der Waals surface area contributed by atoms with E-state index in [4.69, 9.17) is 11.6 Å². The van der Waals surface area contributed by atoms with Crippen molar-refractivity contribution in [1.29, 1.82) is 0 Å². The van der Waals surface area contributed by atoms with E-state index in [1.54, 1.807) is 11.2 Å². The number of rotatable bonds is 6. The molecule has 4 N–H and O–H groups in total. The van der Waals surface area contributed by atoms with E-state index < -0.39 is 0 Å². The van der Waals surface area contributed by atoms with E-state index in [9.17, 15) is 0 Å². The van der Waals surface area contributed by atoms with E-state index >= 15 is 0 Å². The van der Waals surface area contributed by atoms with Crippen LogP contribution in [0.15, 0.2) is 42.7 Å². The number of benzene rings is 1. The summed E-state index contributed by atoms with van der Waals surface area (Å²) < 4.78 is 0. The van der Waals surface area contributed by atoms with Crippen molar-refractivity contribution in [2.75, 3.05) is 20.6 Å². The highest BCUT2D eigenvalue weighted by molar-refractivity contribution is 5.19. The van der Waals surface area contributed by atoms with E-state index in [-0.39, 0.29) is 6.04 Å². The van der Waals surface area contributed by atoms with Gasteiger partial charge < -0.3 is 15.6 Å². The van der Waals surface area contributed by atoms with Gasteiger partial charge in [-0.2, -0.15) is 0 Å². The molecule has 17 heavy (non-hydrogen) atoms. The van der Waals surface area contributed by atoms with Crippen molar-refractivity contribution in [1.82, 2.24) is 9.91 Å².